The maximum atomic E-state index is 12.5. The van der Waals surface area contributed by atoms with Crippen molar-refractivity contribution in [2.75, 3.05) is 5.32 Å². The van der Waals surface area contributed by atoms with Crippen molar-refractivity contribution in [3.63, 3.8) is 0 Å². The molecule has 0 aliphatic rings. The van der Waals surface area contributed by atoms with Gasteiger partial charge in [-0.2, -0.15) is 0 Å². The summed E-state index contributed by atoms with van der Waals surface area (Å²) >= 11 is 8.08. The van der Waals surface area contributed by atoms with Gasteiger partial charge in [0.25, 0.3) is 5.91 Å². The summed E-state index contributed by atoms with van der Waals surface area (Å²) in [6.45, 7) is 1.78. The van der Waals surface area contributed by atoms with E-state index in [1.54, 1.807) is 25.1 Å². The van der Waals surface area contributed by atoms with Crippen LogP contribution in [0.5, 0.6) is 0 Å². The highest BCUT2D eigenvalue weighted by Gasteiger charge is 2.16. The van der Waals surface area contributed by atoms with Crippen LogP contribution in [0.4, 0.5) is 5.69 Å². The Morgan fingerprint density at radius 1 is 1.13 bits per heavy atom. The second-order valence-electron chi connectivity index (χ2n) is 5.02. The van der Waals surface area contributed by atoms with E-state index in [4.69, 9.17) is 16.0 Å². The van der Waals surface area contributed by atoms with Gasteiger partial charge >= 0.3 is 0 Å². The summed E-state index contributed by atoms with van der Waals surface area (Å²) in [4.78, 5) is 12.5. The van der Waals surface area contributed by atoms with E-state index in [1.165, 1.54) is 0 Å². The number of anilines is 1. The van der Waals surface area contributed by atoms with Crippen LogP contribution in [0.2, 0.25) is 5.02 Å². The fraction of sp³-hybridized carbons (Fsp3) is 0.0556. The Bertz CT molecular complexity index is 856. The molecule has 0 radical (unpaired) electrons. The maximum absolute atomic E-state index is 12.5. The molecule has 3 aromatic rings. The minimum Gasteiger partial charge on any atom is -0.461 e. The van der Waals surface area contributed by atoms with Gasteiger partial charge in [0.1, 0.15) is 11.5 Å². The summed E-state index contributed by atoms with van der Waals surface area (Å²) in [5.41, 5.74) is 2.19. The Kier molecular flexibility index (Phi) is 4.73. The average molecular weight is 438 g/mol. The van der Waals surface area contributed by atoms with Crippen molar-refractivity contribution in [2.45, 2.75) is 6.92 Å². The van der Waals surface area contributed by atoms with Gasteiger partial charge in [-0.05, 0) is 72.0 Å². The van der Waals surface area contributed by atoms with E-state index < -0.39 is 0 Å². The maximum Gasteiger partial charge on any atom is 0.259 e. The standard InChI is InChI=1S/C18H13ClINO2/c1-11-14(18(22)21-16-5-3-2-4-15(16)20)10-17(23-11)12-6-8-13(19)9-7-12/h2-10H,1H3,(H,21,22). The summed E-state index contributed by atoms with van der Waals surface area (Å²) in [6, 6.07) is 16.7. The summed E-state index contributed by atoms with van der Waals surface area (Å²) in [6.07, 6.45) is 0. The molecule has 2 aromatic carbocycles. The Morgan fingerprint density at radius 2 is 1.83 bits per heavy atom. The molecule has 0 saturated heterocycles. The van der Waals surface area contributed by atoms with E-state index in [-0.39, 0.29) is 5.91 Å². The number of carbonyl (C=O) groups excluding carboxylic acids is 1. The molecule has 0 atom stereocenters. The molecule has 23 heavy (non-hydrogen) atoms. The van der Waals surface area contributed by atoms with Crippen LogP contribution in [0.25, 0.3) is 11.3 Å². The minimum atomic E-state index is -0.185. The summed E-state index contributed by atoms with van der Waals surface area (Å²) in [7, 11) is 0. The van der Waals surface area contributed by atoms with E-state index >= 15 is 0 Å². The first kappa shape index (κ1) is 16.1. The molecule has 0 unspecified atom stereocenters. The molecule has 1 amide bonds. The predicted octanol–water partition coefficient (Wildman–Crippen LogP) is 5.77. The summed E-state index contributed by atoms with van der Waals surface area (Å²) in [5.74, 6) is 1.04. The molecule has 3 rings (SSSR count). The van der Waals surface area contributed by atoms with Gasteiger partial charge in [0.15, 0.2) is 0 Å². The van der Waals surface area contributed by atoms with Crippen LogP contribution in [-0.4, -0.2) is 5.91 Å². The highest BCUT2D eigenvalue weighted by atomic mass is 127. The Morgan fingerprint density at radius 3 is 2.52 bits per heavy atom. The Balaban J connectivity index is 1.87. The lowest BCUT2D eigenvalue weighted by molar-refractivity contribution is 0.102. The van der Waals surface area contributed by atoms with Crippen LogP contribution >= 0.6 is 34.2 Å². The van der Waals surface area contributed by atoms with Crippen LogP contribution in [0.1, 0.15) is 16.1 Å². The lowest BCUT2D eigenvalue weighted by Gasteiger charge is -2.05. The smallest absolute Gasteiger partial charge is 0.259 e. The minimum absolute atomic E-state index is 0.185. The van der Waals surface area contributed by atoms with Crippen molar-refractivity contribution >= 4 is 45.8 Å². The number of carbonyl (C=O) groups is 1. The third-order valence-electron chi connectivity index (χ3n) is 3.41. The van der Waals surface area contributed by atoms with Gasteiger partial charge in [-0.1, -0.05) is 23.7 Å². The van der Waals surface area contributed by atoms with Crippen LogP contribution in [0, 0.1) is 10.5 Å². The number of benzene rings is 2. The van der Waals surface area contributed by atoms with E-state index in [1.807, 2.05) is 36.4 Å². The normalized spacial score (nSPS) is 10.6. The van der Waals surface area contributed by atoms with Crippen molar-refractivity contribution in [1.29, 1.82) is 0 Å². The van der Waals surface area contributed by atoms with Crippen molar-refractivity contribution in [1.82, 2.24) is 0 Å². The molecular weight excluding hydrogens is 425 g/mol. The topological polar surface area (TPSA) is 42.2 Å². The highest BCUT2D eigenvalue weighted by molar-refractivity contribution is 14.1. The Labute approximate surface area is 152 Å². The molecule has 0 aliphatic carbocycles. The van der Waals surface area contributed by atoms with E-state index in [2.05, 4.69) is 27.9 Å². The molecule has 0 spiro atoms. The lowest BCUT2D eigenvalue weighted by atomic mass is 10.1. The zero-order chi connectivity index (χ0) is 16.4. The summed E-state index contributed by atoms with van der Waals surface area (Å²) in [5, 5.41) is 3.57. The quantitative estimate of drug-likeness (QED) is 0.529. The van der Waals surface area contributed by atoms with E-state index in [0.29, 0.717) is 22.1 Å². The first-order valence-electron chi connectivity index (χ1n) is 6.97. The SMILES string of the molecule is Cc1oc(-c2ccc(Cl)cc2)cc1C(=O)Nc1ccccc1I. The number of para-hydroxylation sites is 1. The predicted molar refractivity (Wildman–Crippen MR) is 101 cm³/mol. The van der Waals surface area contributed by atoms with Gasteiger partial charge in [0, 0.05) is 14.2 Å². The molecule has 0 fully saturated rings. The molecule has 5 heteroatoms. The molecule has 116 valence electrons. The van der Waals surface area contributed by atoms with Crippen LogP contribution in [-0.2, 0) is 0 Å². The highest BCUT2D eigenvalue weighted by Crippen LogP contribution is 2.27. The third-order valence-corrected chi connectivity index (χ3v) is 4.61. The molecule has 3 nitrogen and oxygen atoms in total. The van der Waals surface area contributed by atoms with Gasteiger partial charge in [0.05, 0.1) is 11.3 Å². The molecular formula is C18H13ClINO2. The first-order valence-corrected chi connectivity index (χ1v) is 8.42. The van der Waals surface area contributed by atoms with Crippen molar-refractivity contribution < 1.29 is 9.21 Å². The lowest BCUT2D eigenvalue weighted by Crippen LogP contribution is -2.12. The fourth-order valence-corrected chi connectivity index (χ4v) is 2.86. The Hall–Kier alpha value is -1.79. The fourth-order valence-electron chi connectivity index (χ4n) is 2.22. The number of nitrogens with one attached hydrogen (secondary N) is 1. The van der Waals surface area contributed by atoms with Gasteiger partial charge in [-0.25, -0.2) is 0 Å². The molecule has 0 aliphatic heterocycles. The summed E-state index contributed by atoms with van der Waals surface area (Å²) < 4.78 is 6.71. The second-order valence-corrected chi connectivity index (χ2v) is 6.62. The number of amides is 1. The van der Waals surface area contributed by atoms with E-state index in [9.17, 15) is 4.79 Å². The number of hydrogen-bond acceptors (Lipinski definition) is 2. The van der Waals surface area contributed by atoms with Gasteiger partial charge < -0.3 is 9.73 Å². The number of hydrogen-bond donors (Lipinski definition) is 1. The zero-order valence-corrected chi connectivity index (χ0v) is 15.2. The van der Waals surface area contributed by atoms with E-state index in [0.717, 1.165) is 14.8 Å². The van der Waals surface area contributed by atoms with Crippen LogP contribution < -0.4 is 5.32 Å². The third kappa shape index (κ3) is 3.59. The zero-order valence-electron chi connectivity index (χ0n) is 12.3. The second kappa shape index (κ2) is 6.76. The van der Waals surface area contributed by atoms with Gasteiger partial charge in [-0.15, -0.1) is 0 Å². The average Bonchev–Trinajstić information content (AvgIpc) is 2.92. The molecule has 0 saturated carbocycles. The molecule has 1 aromatic heterocycles. The molecule has 0 bridgehead atoms. The first-order chi connectivity index (χ1) is 11.0. The van der Waals surface area contributed by atoms with Gasteiger partial charge in [-0.3, -0.25) is 4.79 Å². The number of aryl methyl sites for hydroxylation is 1. The van der Waals surface area contributed by atoms with Crippen molar-refractivity contribution in [3.05, 3.63) is 74.5 Å². The van der Waals surface area contributed by atoms with Crippen molar-refractivity contribution in [2.24, 2.45) is 0 Å². The van der Waals surface area contributed by atoms with Crippen LogP contribution in [0.15, 0.2) is 59.0 Å². The number of furan rings is 1. The molecule has 1 heterocycles. The van der Waals surface area contributed by atoms with Crippen LogP contribution in [0.3, 0.4) is 0 Å². The largest absolute Gasteiger partial charge is 0.461 e. The number of halogens is 2. The monoisotopic (exact) mass is 437 g/mol. The van der Waals surface area contributed by atoms with Gasteiger partial charge in [0.2, 0.25) is 0 Å². The van der Waals surface area contributed by atoms with Crippen molar-refractivity contribution in [3.8, 4) is 11.3 Å². The number of rotatable bonds is 3. The molecule has 1 N–H and O–H groups in total.